The molecule has 5 atom stereocenters. The van der Waals surface area contributed by atoms with E-state index in [0.29, 0.717) is 11.3 Å². The number of carboxylic acid groups (broad SMARTS) is 1. The summed E-state index contributed by atoms with van der Waals surface area (Å²) in [5.74, 6) is -2.37. The summed E-state index contributed by atoms with van der Waals surface area (Å²) in [7, 11) is 0. The standard InChI is InChI=1S/C17H19NO4/c1-9(19)10-3-2-4-13(8-10)18-16(20)14-11-5-6-12(7-11)15(14)17(21)22/h2-6,8-9,11-12,14-15,19H,7H2,1H3,(H,18,20)(H,21,22)/t9-,11-,12-,14-,15+/m0/s1. The van der Waals surface area contributed by atoms with E-state index >= 15 is 0 Å². The average Bonchev–Trinajstić information content (AvgIpc) is 3.07. The first kappa shape index (κ1) is 14.8. The molecule has 0 spiro atoms. The Kier molecular flexibility index (Phi) is 3.74. The van der Waals surface area contributed by atoms with Gasteiger partial charge in [0, 0.05) is 5.69 Å². The SMILES string of the molecule is C[C@H](O)c1cccc(NC(=O)[C@@H]2[C@H](C(=O)O)[C@H]3C=C[C@H]2C3)c1. The van der Waals surface area contributed by atoms with Crippen LogP contribution in [0.4, 0.5) is 5.69 Å². The molecule has 1 aromatic carbocycles. The first-order chi connectivity index (χ1) is 10.5. The van der Waals surface area contributed by atoms with E-state index in [0.717, 1.165) is 6.42 Å². The molecule has 0 heterocycles. The Morgan fingerprint density at radius 3 is 2.55 bits per heavy atom. The zero-order chi connectivity index (χ0) is 15.9. The van der Waals surface area contributed by atoms with E-state index in [4.69, 9.17) is 0 Å². The van der Waals surface area contributed by atoms with Crippen LogP contribution in [0.2, 0.25) is 0 Å². The van der Waals surface area contributed by atoms with Crippen LogP contribution in [0, 0.1) is 23.7 Å². The number of amides is 1. The van der Waals surface area contributed by atoms with Crippen molar-refractivity contribution < 1.29 is 19.8 Å². The van der Waals surface area contributed by atoms with Crippen molar-refractivity contribution in [2.45, 2.75) is 19.4 Å². The Morgan fingerprint density at radius 1 is 1.23 bits per heavy atom. The van der Waals surface area contributed by atoms with Crippen molar-refractivity contribution in [1.82, 2.24) is 0 Å². The fourth-order valence-corrected chi connectivity index (χ4v) is 3.62. The number of aliphatic hydroxyl groups is 1. The highest BCUT2D eigenvalue weighted by atomic mass is 16.4. The maximum absolute atomic E-state index is 12.5. The summed E-state index contributed by atoms with van der Waals surface area (Å²) in [5, 5.41) is 21.8. The predicted molar refractivity (Wildman–Crippen MR) is 81.1 cm³/mol. The van der Waals surface area contributed by atoms with Gasteiger partial charge in [0.1, 0.15) is 0 Å². The zero-order valence-corrected chi connectivity index (χ0v) is 12.3. The zero-order valence-electron chi connectivity index (χ0n) is 12.3. The van der Waals surface area contributed by atoms with Crippen LogP contribution in [-0.4, -0.2) is 22.1 Å². The third kappa shape index (κ3) is 2.52. The molecule has 2 aliphatic carbocycles. The summed E-state index contributed by atoms with van der Waals surface area (Å²) in [5.41, 5.74) is 1.29. The first-order valence-corrected chi connectivity index (χ1v) is 7.47. The summed E-state index contributed by atoms with van der Waals surface area (Å²) < 4.78 is 0. The molecule has 5 heteroatoms. The highest BCUT2D eigenvalue weighted by Gasteiger charge is 2.51. The number of anilines is 1. The van der Waals surface area contributed by atoms with Gasteiger partial charge < -0.3 is 15.5 Å². The molecular formula is C17H19NO4. The average molecular weight is 301 g/mol. The molecule has 22 heavy (non-hydrogen) atoms. The second-order valence-electron chi connectivity index (χ2n) is 6.13. The van der Waals surface area contributed by atoms with Crippen molar-refractivity contribution in [3.63, 3.8) is 0 Å². The van der Waals surface area contributed by atoms with Crippen LogP contribution in [-0.2, 0) is 9.59 Å². The Bertz CT molecular complexity index is 637. The van der Waals surface area contributed by atoms with Gasteiger partial charge in [-0.05, 0) is 42.9 Å². The fourth-order valence-electron chi connectivity index (χ4n) is 3.62. The number of hydrogen-bond acceptors (Lipinski definition) is 3. The molecule has 116 valence electrons. The second kappa shape index (κ2) is 5.57. The number of fused-ring (bicyclic) bond motifs is 2. The smallest absolute Gasteiger partial charge is 0.307 e. The van der Waals surface area contributed by atoms with Gasteiger partial charge in [0.05, 0.1) is 17.9 Å². The van der Waals surface area contributed by atoms with E-state index in [1.165, 1.54) is 0 Å². The van der Waals surface area contributed by atoms with Crippen LogP contribution < -0.4 is 5.32 Å². The van der Waals surface area contributed by atoms with Gasteiger partial charge in [-0.25, -0.2) is 0 Å². The molecule has 1 amide bonds. The Balaban J connectivity index is 1.78. The molecule has 2 aliphatic rings. The minimum Gasteiger partial charge on any atom is -0.481 e. The van der Waals surface area contributed by atoms with E-state index < -0.39 is 23.9 Å². The molecule has 1 saturated carbocycles. The highest BCUT2D eigenvalue weighted by Crippen LogP contribution is 2.48. The second-order valence-corrected chi connectivity index (χ2v) is 6.13. The lowest BCUT2D eigenvalue weighted by molar-refractivity contribution is -0.146. The summed E-state index contributed by atoms with van der Waals surface area (Å²) in [6, 6.07) is 6.98. The number of nitrogens with one attached hydrogen (secondary N) is 1. The fraction of sp³-hybridized carbons (Fsp3) is 0.412. The van der Waals surface area contributed by atoms with Crippen molar-refractivity contribution in [2.75, 3.05) is 5.32 Å². The lowest BCUT2D eigenvalue weighted by atomic mass is 9.82. The molecule has 1 fully saturated rings. The number of carbonyl (C=O) groups is 2. The number of hydrogen-bond donors (Lipinski definition) is 3. The molecular weight excluding hydrogens is 282 g/mol. The number of aliphatic hydroxyl groups excluding tert-OH is 1. The van der Waals surface area contributed by atoms with Crippen molar-refractivity contribution in [2.24, 2.45) is 23.7 Å². The lowest BCUT2D eigenvalue weighted by Gasteiger charge is -2.24. The maximum atomic E-state index is 12.5. The summed E-state index contributed by atoms with van der Waals surface area (Å²) in [6.07, 6.45) is 4.00. The van der Waals surface area contributed by atoms with Gasteiger partial charge in [0.15, 0.2) is 0 Å². The molecule has 0 radical (unpaired) electrons. The first-order valence-electron chi connectivity index (χ1n) is 7.47. The van der Waals surface area contributed by atoms with Crippen LogP contribution in [0.15, 0.2) is 36.4 Å². The van der Waals surface area contributed by atoms with Gasteiger partial charge in [-0.1, -0.05) is 24.3 Å². The molecule has 0 unspecified atom stereocenters. The molecule has 3 rings (SSSR count). The molecule has 2 bridgehead atoms. The van der Waals surface area contributed by atoms with Crippen LogP contribution in [0.1, 0.15) is 25.0 Å². The molecule has 0 aromatic heterocycles. The Hall–Kier alpha value is -2.14. The topological polar surface area (TPSA) is 86.6 Å². The quantitative estimate of drug-likeness (QED) is 0.744. The van der Waals surface area contributed by atoms with Gasteiger partial charge in [-0.3, -0.25) is 9.59 Å². The van der Waals surface area contributed by atoms with Crippen LogP contribution in [0.25, 0.3) is 0 Å². The van der Waals surface area contributed by atoms with Gasteiger partial charge in [0.25, 0.3) is 0 Å². The Labute approximate surface area is 128 Å². The normalized spacial score (nSPS) is 30.3. The maximum Gasteiger partial charge on any atom is 0.307 e. The number of allylic oxidation sites excluding steroid dienone is 2. The van der Waals surface area contributed by atoms with Gasteiger partial charge in [-0.2, -0.15) is 0 Å². The number of carboxylic acids is 1. The van der Waals surface area contributed by atoms with Crippen molar-refractivity contribution in [3.8, 4) is 0 Å². The molecule has 0 aliphatic heterocycles. The lowest BCUT2D eigenvalue weighted by Crippen LogP contribution is -2.36. The highest BCUT2D eigenvalue weighted by molar-refractivity contribution is 5.96. The third-order valence-electron chi connectivity index (χ3n) is 4.68. The van der Waals surface area contributed by atoms with Gasteiger partial charge >= 0.3 is 5.97 Å². The molecule has 0 saturated heterocycles. The van der Waals surface area contributed by atoms with E-state index in [1.807, 2.05) is 12.2 Å². The number of rotatable bonds is 4. The van der Waals surface area contributed by atoms with E-state index in [9.17, 15) is 19.8 Å². The minimum atomic E-state index is -0.908. The van der Waals surface area contributed by atoms with E-state index in [-0.39, 0.29) is 17.7 Å². The van der Waals surface area contributed by atoms with Gasteiger partial charge in [0.2, 0.25) is 5.91 Å². The van der Waals surface area contributed by atoms with Crippen molar-refractivity contribution >= 4 is 17.6 Å². The van der Waals surface area contributed by atoms with Crippen molar-refractivity contribution in [1.29, 1.82) is 0 Å². The van der Waals surface area contributed by atoms with Crippen LogP contribution in [0.5, 0.6) is 0 Å². The number of carbonyl (C=O) groups excluding carboxylic acids is 1. The molecule has 1 aromatic rings. The Morgan fingerprint density at radius 2 is 1.91 bits per heavy atom. The van der Waals surface area contributed by atoms with E-state index in [2.05, 4.69) is 5.32 Å². The van der Waals surface area contributed by atoms with Crippen LogP contribution in [0.3, 0.4) is 0 Å². The molecule has 3 N–H and O–H groups in total. The summed E-state index contributed by atoms with van der Waals surface area (Å²) in [6.45, 7) is 1.65. The minimum absolute atomic E-state index is 0.00560. The summed E-state index contributed by atoms with van der Waals surface area (Å²) in [4.78, 5) is 24.0. The van der Waals surface area contributed by atoms with Crippen LogP contribution >= 0.6 is 0 Å². The third-order valence-corrected chi connectivity index (χ3v) is 4.68. The van der Waals surface area contributed by atoms with E-state index in [1.54, 1.807) is 31.2 Å². The number of benzene rings is 1. The molecule has 5 nitrogen and oxygen atoms in total. The van der Waals surface area contributed by atoms with Gasteiger partial charge in [-0.15, -0.1) is 0 Å². The predicted octanol–water partition coefficient (Wildman–Crippen LogP) is 2.20. The largest absolute Gasteiger partial charge is 0.481 e. The number of aliphatic carboxylic acids is 1. The van der Waals surface area contributed by atoms with Crippen molar-refractivity contribution in [3.05, 3.63) is 42.0 Å². The monoisotopic (exact) mass is 301 g/mol. The summed E-state index contributed by atoms with van der Waals surface area (Å²) >= 11 is 0.